The van der Waals surface area contributed by atoms with Gasteiger partial charge in [-0.15, -0.1) is 0 Å². The normalized spacial score (nSPS) is 12.5. The molecule has 26 heavy (non-hydrogen) atoms. The van der Waals surface area contributed by atoms with Crippen LogP contribution in [0.5, 0.6) is 0 Å². The molecule has 0 saturated heterocycles. The number of imidazole rings is 1. The van der Waals surface area contributed by atoms with Crippen molar-refractivity contribution in [3.8, 4) is 0 Å². The summed E-state index contributed by atoms with van der Waals surface area (Å²) < 4.78 is 15.9. The number of amides is 1. The average molecular weight is 375 g/mol. The third-order valence-electron chi connectivity index (χ3n) is 4.16. The van der Waals surface area contributed by atoms with Gasteiger partial charge in [0.15, 0.2) is 5.65 Å². The molecule has 0 aliphatic carbocycles. The maximum Gasteiger partial charge on any atom is 0.225 e. The number of halogens is 2. The van der Waals surface area contributed by atoms with Crippen LogP contribution >= 0.6 is 11.6 Å². The summed E-state index contributed by atoms with van der Waals surface area (Å²) in [5.74, 6) is -0.0968. The van der Waals surface area contributed by atoms with E-state index >= 15 is 0 Å². The van der Waals surface area contributed by atoms with E-state index in [0.29, 0.717) is 5.82 Å². The van der Waals surface area contributed by atoms with Gasteiger partial charge in [0, 0.05) is 22.8 Å². The highest BCUT2D eigenvalue weighted by molar-refractivity contribution is 6.31. The Hall–Kier alpha value is -2.47. The van der Waals surface area contributed by atoms with E-state index in [1.165, 1.54) is 12.1 Å². The van der Waals surface area contributed by atoms with Gasteiger partial charge >= 0.3 is 0 Å². The largest absolute Gasteiger partial charge is 0.346 e. The van der Waals surface area contributed by atoms with Gasteiger partial charge in [0.25, 0.3) is 0 Å². The summed E-state index contributed by atoms with van der Waals surface area (Å²) >= 11 is 6.00. The van der Waals surface area contributed by atoms with Crippen LogP contribution in [0.4, 0.5) is 4.39 Å². The third kappa shape index (κ3) is 3.55. The van der Waals surface area contributed by atoms with E-state index in [1.54, 1.807) is 12.3 Å². The Bertz CT molecular complexity index is 934. The third-order valence-corrected chi connectivity index (χ3v) is 4.51. The van der Waals surface area contributed by atoms with Gasteiger partial charge in [-0.3, -0.25) is 4.79 Å². The lowest BCUT2D eigenvalue weighted by atomic mass is 10.1. The number of nitrogens with zero attached hydrogens (tertiary/aromatic N) is 3. The maximum atomic E-state index is 13.9. The quantitative estimate of drug-likeness (QED) is 0.727. The van der Waals surface area contributed by atoms with E-state index in [-0.39, 0.29) is 35.0 Å². The van der Waals surface area contributed by atoms with Crippen molar-refractivity contribution in [3.63, 3.8) is 0 Å². The molecule has 1 amide bonds. The smallest absolute Gasteiger partial charge is 0.225 e. The number of nitrogens with one attached hydrogen (secondary N) is 1. The Kier molecular flexibility index (Phi) is 5.23. The number of hydrogen-bond acceptors (Lipinski definition) is 3. The minimum atomic E-state index is -0.487. The number of carbonyl (C=O) groups is 1. The van der Waals surface area contributed by atoms with Crippen molar-refractivity contribution in [2.45, 2.75) is 39.3 Å². The molecule has 0 aliphatic rings. The Labute approximate surface area is 156 Å². The van der Waals surface area contributed by atoms with Crippen LogP contribution in [0.1, 0.15) is 44.2 Å². The summed E-state index contributed by atoms with van der Waals surface area (Å²) in [6.45, 7) is 5.92. The molecule has 2 aromatic heterocycles. The minimum absolute atomic E-state index is 0.129. The van der Waals surface area contributed by atoms with Crippen LogP contribution < -0.4 is 5.32 Å². The van der Waals surface area contributed by atoms with Crippen molar-refractivity contribution in [2.24, 2.45) is 0 Å². The molecule has 3 rings (SSSR count). The summed E-state index contributed by atoms with van der Waals surface area (Å²) in [5.41, 5.74) is 1.74. The maximum absolute atomic E-state index is 13.9. The molecule has 0 fully saturated rings. The van der Waals surface area contributed by atoms with E-state index in [0.717, 1.165) is 11.2 Å². The molecular formula is C19H20ClFN4O. The molecule has 0 radical (unpaired) electrons. The Morgan fingerprint density at radius 2 is 2.04 bits per heavy atom. The fourth-order valence-corrected chi connectivity index (χ4v) is 3.21. The Balaban J connectivity index is 1.84. The van der Waals surface area contributed by atoms with Crippen molar-refractivity contribution in [1.82, 2.24) is 19.9 Å². The van der Waals surface area contributed by atoms with Crippen molar-refractivity contribution in [2.75, 3.05) is 0 Å². The Morgan fingerprint density at radius 1 is 1.27 bits per heavy atom. The summed E-state index contributed by atoms with van der Waals surface area (Å²) in [6.07, 6.45) is 1.59. The molecule has 0 spiro atoms. The number of pyridine rings is 1. The van der Waals surface area contributed by atoms with Crippen LogP contribution in [0.3, 0.4) is 0 Å². The zero-order valence-corrected chi connectivity index (χ0v) is 15.6. The van der Waals surface area contributed by atoms with E-state index in [2.05, 4.69) is 15.3 Å². The molecular weight excluding hydrogens is 355 g/mol. The predicted molar refractivity (Wildman–Crippen MR) is 99.6 cm³/mol. The van der Waals surface area contributed by atoms with Gasteiger partial charge in [-0.1, -0.05) is 17.7 Å². The SMILES string of the molecule is CC(C)n1c([C@@H](C)NC(=O)Cc2c(F)cccc2Cl)nc2cccnc21. The molecule has 1 N–H and O–H groups in total. The van der Waals surface area contributed by atoms with Gasteiger partial charge in [-0.25, -0.2) is 14.4 Å². The zero-order valence-electron chi connectivity index (χ0n) is 14.8. The molecule has 2 heterocycles. The molecule has 0 bridgehead atoms. The van der Waals surface area contributed by atoms with E-state index in [1.807, 2.05) is 37.5 Å². The van der Waals surface area contributed by atoms with Crippen molar-refractivity contribution < 1.29 is 9.18 Å². The first kappa shape index (κ1) is 18.3. The van der Waals surface area contributed by atoms with Gasteiger partial charge in [0.2, 0.25) is 5.91 Å². The molecule has 0 aliphatic heterocycles. The first-order valence-corrected chi connectivity index (χ1v) is 8.81. The number of hydrogen-bond donors (Lipinski definition) is 1. The van der Waals surface area contributed by atoms with Crippen molar-refractivity contribution in [1.29, 1.82) is 0 Å². The van der Waals surface area contributed by atoms with Gasteiger partial charge in [-0.2, -0.15) is 0 Å². The predicted octanol–water partition coefficient (Wildman–Crippen LogP) is 4.22. The second-order valence-electron chi connectivity index (χ2n) is 6.45. The monoisotopic (exact) mass is 374 g/mol. The van der Waals surface area contributed by atoms with Crippen LogP contribution in [-0.2, 0) is 11.2 Å². The second-order valence-corrected chi connectivity index (χ2v) is 6.85. The fraction of sp³-hybridized carbons (Fsp3) is 0.316. The topological polar surface area (TPSA) is 59.8 Å². The van der Waals surface area contributed by atoms with Gasteiger partial charge < -0.3 is 9.88 Å². The number of rotatable bonds is 5. The molecule has 7 heteroatoms. The van der Waals surface area contributed by atoms with E-state index < -0.39 is 5.82 Å². The van der Waals surface area contributed by atoms with E-state index in [9.17, 15) is 9.18 Å². The van der Waals surface area contributed by atoms with Crippen LogP contribution in [0, 0.1) is 5.82 Å². The molecule has 1 aromatic carbocycles. The van der Waals surface area contributed by atoms with Crippen LogP contribution in [0.25, 0.3) is 11.2 Å². The molecule has 136 valence electrons. The number of fused-ring (bicyclic) bond motifs is 1. The van der Waals surface area contributed by atoms with Gasteiger partial charge in [0.05, 0.1) is 12.5 Å². The van der Waals surface area contributed by atoms with Gasteiger partial charge in [-0.05, 0) is 45.0 Å². The number of benzene rings is 1. The number of carbonyl (C=O) groups excluding carboxylic acids is 1. The summed E-state index contributed by atoms with van der Waals surface area (Å²) in [5, 5.41) is 3.12. The highest BCUT2D eigenvalue weighted by Gasteiger charge is 2.21. The van der Waals surface area contributed by atoms with Crippen molar-refractivity contribution in [3.05, 3.63) is 58.8 Å². The van der Waals surface area contributed by atoms with Crippen LogP contribution in [-0.4, -0.2) is 20.4 Å². The first-order valence-electron chi connectivity index (χ1n) is 8.43. The fourth-order valence-electron chi connectivity index (χ4n) is 2.98. The molecule has 3 aromatic rings. The van der Waals surface area contributed by atoms with Crippen molar-refractivity contribution >= 4 is 28.7 Å². The Morgan fingerprint density at radius 3 is 2.73 bits per heavy atom. The molecule has 1 atom stereocenters. The van der Waals surface area contributed by atoms with Crippen LogP contribution in [0.15, 0.2) is 36.5 Å². The summed E-state index contributed by atoms with van der Waals surface area (Å²) in [6, 6.07) is 7.86. The minimum Gasteiger partial charge on any atom is -0.346 e. The lowest BCUT2D eigenvalue weighted by Crippen LogP contribution is -2.30. The zero-order chi connectivity index (χ0) is 18.8. The molecule has 0 saturated carbocycles. The lowest BCUT2D eigenvalue weighted by molar-refractivity contribution is -0.121. The van der Waals surface area contributed by atoms with Crippen LogP contribution in [0.2, 0.25) is 5.02 Å². The lowest BCUT2D eigenvalue weighted by Gasteiger charge is -2.18. The second kappa shape index (κ2) is 7.41. The highest BCUT2D eigenvalue weighted by atomic mass is 35.5. The molecule has 5 nitrogen and oxygen atoms in total. The first-order chi connectivity index (χ1) is 12.4. The summed E-state index contributed by atoms with van der Waals surface area (Å²) in [7, 11) is 0. The van der Waals surface area contributed by atoms with Gasteiger partial charge in [0.1, 0.15) is 17.2 Å². The standard InChI is InChI=1S/C19H20ClFN4O/c1-11(2)25-18(24-16-8-5-9-22-19(16)25)12(3)23-17(26)10-13-14(20)6-4-7-15(13)21/h4-9,11-12H,10H2,1-3H3,(H,23,26)/t12-/m1/s1. The summed E-state index contributed by atoms with van der Waals surface area (Å²) in [4.78, 5) is 21.4. The highest BCUT2D eigenvalue weighted by Crippen LogP contribution is 2.24. The number of aromatic nitrogens is 3. The average Bonchev–Trinajstić information content (AvgIpc) is 2.98. The molecule has 0 unspecified atom stereocenters. The van der Waals surface area contributed by atoms with E-state index in [4.69, 9.17) is 11.6 Å².